The quantitative estimate of drug-likeness (QED) is 0.823. The monoisotopic (exact) mass is 310 g/mol. The number of nitriles is 1. The summed E-state index contributed by atoms with van der Waals surface area (Å²) in [5, 5.41) is 12.5. The van der Waals surface area contributed by atoms with Crippen molar-refractivity contribution in [2.45, 2.75) is 20.4 Å². The van der Waals surface area contributed by atoms with Crippen molar-refractivity contribution in [1.82, 2.24) is 4.98 Å². The number of rotatable bonds is 5. The number of pyridine rings is 1. The van der Waals surface area contributed by atoms with Crippen LogP contribution in [0.4, 0.5) is 11.5 Å². The minimum absolute atomic E-state index is 0.0917. The molecule has 0 saturated carbocycles. The summed E-state index contributed by atoms with van der Waals surface area (Å²) in [4.78, 5) is 16.3. The third kappa shape index (κ3) is 3.58. The number of esters is 1. The summed E-state index contributed by atoms with van der Waals surface area (Å²) in [5.74, 6) is -0.208. The lowest BCUT2D eigenvalue weighted by Gasteiger charge is -2.14. The fraction of sp³-hybridized carbons (Fsp3) is 0.235. The van der Waals surface area contributed by atoms with Gasteiger partial charge in [0.15, 0.2) is 0 Å². The van der Waals surface area contributed by atoms with Gasteiger partial charge in [0, 0.05) is 6.54 Å². The topological polar surface area (TPSA) is 101 Å². The largest absolute Gasteiger partial charge is 0.462 e. The van der Waals surface area contributed by atoms with E-state index in [4.69, 9.17) is 10.5 Å². The van der Waals surface area contributed by atoms with Crippen LogP contribution in [0.1, 0.15) is 34.1 Å². The van der Waals surface area contributed by atoms with E-state index in [1.54, 1.807) is 13.8 Å². The molecule has 118 valence electrons. The van der Waals surface area contributed by atoms with E-state index < -0.39 is 5.97 Å². The lowest BCUT2D eigenvalue weighted by molar-refractivity contribution is 0.0526. The molecule has 0 bridgehead atoms. The smallest absolute Gasteiger partial charge is 0.342 e. The number of hydrogen-bond acceptors (Lipinski definition) is 6. The molecule has 1 aromatic heterocycles. The van der Waals surface area contributed by atoms with Gasteiger partial charge in [-0.2, -0.15) is 5.26 Å². The maximum absolute atomic E-state index is 12.0. The second-order valence-corrected chi connectivity index (χ2v) is 4.88. The van der Waals surface area contributed by atoms with Crippen LogP contribution in [0.15, 0.2) is 30.3 Å². The lowest BCUT2D eigenvalue weighted by atomic mass is 10.1. The van der Waals surface area contributed by atoms with E-state index in [1.807, 2.05) is 36.4 Å². The van der Waals surface area contributed by atoms with Crippen LogP contribution >= 0.6 is 0 Å². The Kier molecular flexibility index (Phi) is 5.15. The first-order chi connectivity index (χ1) is 11.1. The zero-order valence-electron chi connectivity index (χ0n) is 13.1. The molecule has 0 radical (unpaired) electrons. The Labute approximate surface area is 134 Å². The second-order valence-electron chi connectivity index (χ2n) is 4.88. The number of ether oxygens (including phenoxy) is 1. The molecule has 6 heteroatoms. The minimum Gasteiger partial charge on any atom is -0.462 e. The summed E-state index contributed by atoms with van der Waals surface area (Å²) in [6.07, 6.45) is 0. The summed E-state index contributed by atoms with van der Waals surface area (Å²) < 4.78 is 4.97. The Hall–Kier alpha value is -3.07. The fourth-order valence-electron chi connectivity index (χ4n) is 2.21. The molecule has 1 aromatic carbocycles. The van der Waals surface area contributed by atoms with E-state index >= 15 is 0 Å². The number of nitrogens with two attached hydrogens (primary N) is 1. The van der Waals surface area contributed by atoms with Crippen LogP contribution in [0.5, 0.6) is 0 Å². The van der Waals surface area contributed by atoms with Gasteiger partial charge in [0.25, 0.3) is 0 Å². The molecule has 6 nitrogen and oxygen atoms in total. The molecule has 23 heavy (non-hydrogen) atoms. The van der Waals surface area contributed by atoms with Gasteiger partial charge in [-0.1, -0.05) is 30.3 Å². The molecule has 0 spiro atoms. The first-order valence-electron chi connectivity index (χ1n) is 7.23. The highest BCUT2D eigenvalue weighted by molar-refractivity contribution is 5.98. The van der Waals surface area contributed by atoms with Gasteiger partial charge in [0.2, 0.25) is 0 Å². The Balaban J connectivity index is 2.34. The number of carbonyl (C=O) groups excluding carboxylic acids is 1. The van der Waals surface area contributed by atoms with Crippen LogP contribution < -0.4 is 11.1 Å². The van der Waals surface area contributed by atoms with Crippen molar-refractivity contribution in [2.24, 2.45) is 0 Å². The summed E-state index contributed by atoms with van der Waals surface area (Å²) in [7, 11) is 0. The minimum atomic E-state index is -0.568. The second kappa shape index (κ2) is 7.27. The molecule has 2 rings (SSSR count). The predicted octanol–water partition coefficient (Wildman–Crippen LogP) is 2.63. The maximum atomic E-state index is 12.0. The van der Waals surface area contributed by atoms with E-state index in [0.29, 0.717) is 18.1 Å². The van der Waals surface area contributed by atoms with Crippen LogP contribution in [0, 0.1) is 18.3 Å². The van der Waals surface area contributed by atoms with Gasteiger partial charge in [-0.05, 0) is 19.4 Å². The molecule has 0 fully saturated rings. The summed E-state index contributed by atoms with van der Waals surface area (Å²) in [6.45, 7) is 4.10. The van der Waals surface area contributed by atoms with E-state index in [-0.39, 0.29) is 23.4 Å². The number of nitrogen functional groups attached to an aromatic ring is 1. The number of aromatic nitrogens is 1. The van der Waals surface area contributed by atoms with Gasteiger partial charge in [0.05, 0.1) is 18.0 Å². The zero-order chi connectivity index (χ0) is 16.8. The van der Waals surface area contributed by atoms with Gasteiger partial charge in [-0.15, -0.1) is 0 Å². The van der Waals surface area contributed by atoms with E-state index in [0.717, 1.165) is 5.56 Å². The Morgan fingerprint density at radius 3 is 2.70 bits per heavy atom. The van der Waals surface area contributed by atoms with Crippen molar-refractivity contribution in [3.63, 3.8) is 0 Å². The van der Waals surface area contributed by atoms with Crippen molar-refractivity contribution in [2.75, 3.05) is 17.7 Å². The SMILES string of the molecule is CCOC(=O)c1c(C)nc(NCc2ccccc2)c(C#N)c1N. The van der Waals surface area contributed by atoms with Crippen molar-refractivity contribution < 1.29 is 9.53 Å². The number of hydrogen-bond donors (Lipinski definition) is 2. The van der Waals surface area contributed by atoms with Gasteiger partial charge < -0.3 is 15.8 Å². The molecule has 2 aromatic rings. The third-order valence-electron chi connectivity index (χ3n) is 3.31. The summed E-state index contributed by atoms with van der Waals surface area (Å²) in [6, 6.07) is 11.7. The normalized spacial score (nSPS) is 9.96. The number of nitrogens with one attached hydrogen (secondary N) is 1. The van der Waals surface area contributed by atoms with E-state index in [9.17, 15) is 10.1 Å². The Bertz CT molecular complexity index is 751. The molecule has 0 saturated heterocycles. The van der Waals surface area contributed by atoms with E-state index in [2.05, 4.69) is 10.3 Å². The molecule has 0 atom stereocenters. The molecule has 0 unspecified atom stereocenters. The Morgan fingerprint density at radius 1 is 1.39 bits per heavy atom. The number of nitrogens with zero attached hydrogens (tertiary/aromatic N) is 2. The zero-order valence-corrected chi connectivity index (χ0v) is 13.1. The maximum Gasteiger partial charge on any atom is 0.342 e. The highest BCUT2D eigenvalue weighted by Crippen LogP contribution is 2.27. The van der Waals surface area contributed by atoms with Crippen molar-refractivity contribution in [1.29, 1.82) is 5.26 Å². The number of anilines is 2. The fourth-order valence-corrected chi connectivity index (χ4v) is 2.21. The van der Waals surface area contributed by atoms with Crippen LogP contribution in [0.3, 0.4) is 0 Å². The predicted molar refractivity (Wildman–Crippen MR) is 87.8 cm³/mol. The highest BCUT2D eigenvalue weighted by atomic mass is 16.5. The van der Waals surface area contributed by atoms with Gasteiger partial charge in [0.1, 0.15) is 23.0 Å². The van der Waals surface area contributed by atoms with Crippen LogP contribution in [0.25, 0.3) is 0 Å². The van der Waals surface area contributed by atoms with Gasteiger partial charge >= 0.3 is 5.97 Å². The number of aryl methyl sites for hydroxylation is 1. The number of benzene rings is 1. The highest BCUT2D eigenvalue weighted by Gasteiger charge is 2.21. The van der Waals surface area contributed by atoms with Crippen molar-refractivity contribution in [3.05, 3.63) is 52.7 Å². The van der Waals surface area contributed by atoms with Crippen LogP contribution in [0.2, 0.25) is 0 Å². The molecule has 3 N–H and O–H groups in total. The molecule has 0 amide bonds. The molecule has 0 aliphatic carbocycles. The molecular weight excluding hydrogens is 292 g/mol. The van der Waals surface area contributed by atoms with Crippen LogP contribution in [-0.4, -0.2) is 17.6 Å². The van der Waals surface area contributed by atoms with Gasteiger partial charge in [-0.3, -0.25) is 0 Å². The van der Waals surface area contributed by atoms with Gasteiger partial charge in [-0.25, -0.2) is 9.78 Å². The van der Waals surface area contributed by atoms with E-state index in [1.165, 1.54) is 0 Å². The van der Waals surface area contributed by atoms with Crippen molar-refractivity contribution >= 4 is 17.5 Å². The molecular formula is C17H18N4O2. The first kappa shape index (κ1) is 16.3. The van der Waals surface area contributed by atoms with Crippen LogP contribution in [-0.2, 0) is 11.3 Å². The lowest BCUT2D eigenvalue weighted by Crippen LogP contribution is -2.15. The third-order valence-corrected chi connectivity index (χ3v) is 3.31. The molecule has 0 aliphatic heterocycles. The standard InChI is InChI=1S/C17H18N4O2/c1-3-23-17(22)14-11(2)21-16(13(9-18)15(14)19)20-10-12-7-5-4-6-8-12/h4-8H,3,10H2,1-2H3,(H3,19,20,21). The summed E-state index contributed by atoms with van der Waals surface area (Å²) in [5.41, 5.74) is 7.85. The Morgan fingerprint density at radius 2 is 2.09 bits per heavy atom. The molecule has 0 aliphatic rings. The summed E-state index contributed by atoms with van der Waals surface area (Å²) >= 11 is 0. The molecule has 1 heterocycles. The van der Waals surface area contributed by atoms with Crippen molar-refractivity contribution in [3.8, 4) is 6.07 Å². The average Bonchev–Trinajstić information content (AvgIpc) is 2.54. The first-order valence-corrected chi connectivity index (χ1v) is 7.23. The number of carbonyl (C=O) groups is 1. The average molecular weight is 310 g/mol.